The summed E-state index contributed by atoms with van der Waals surface area (Å²) < 4.78 is 4.96. The predicted octanol–water partition coefficient (Wildman–Crippen LogP) is 6.58. The smallest absolute Gasteiger partial charge is 0.333 e. The topological polar surface area (TPSA) is 58.6 Å². The molecule has 5 nitrogen and oxygen atoms in total. The first kappa shape index (κ1) is 27.5. The van der Waals surface area contributed by atoms with Gasteiger partial charge in [0.15, 0.2) is 6.04 Å². The quantitative estimate of drug-likeness (QED) is 0.354. The van der Waals surface area contributed by atoms with Crippen molar-refractivity contribution in [3.8, 4) is 0 Å². The van der Waals surface area contributed by atoms with Crippen LogP contribution in [0.4, 0.5) is 0 Å². The van der Waals surface area contributed by atoms with Crippen molar-refractivity contribution < 1.29 is 14.3 Å². The number of carbonyl (C=O) groups is 2. The van der Waals surface area contributed by atoms with Gasteiger partial charge in [-0.25, -0.2) is 4.79 Å². The number of allylic oxidation sites excluding steroid dienone is 1. The van der Waals surface area contributed by atoms with Crippen LogP contribution in [0, 0.1) is 12.8 Å². The molecular formula is C36H40N2O3. The molecule has 1 heterocycles. The fourth-order valence-corrected chi connectivity index (χ4v) is 7.66. The van der Waals surface area contributed by atoms with Crippen LogP contribution in [0.25, 0.3) is 6.08 Å². The minimum atomic E-state index is -0.844. The van der Waals surface area contributed by atoms with Gasteiger partial charge in [0.25, 0.3) is 5.91 Å². The lowest BCUT2D eigenvalue weighted by molar-refractivity contribution is -0.143. The summed E-state index contributed by atoms with van der Waals surface area (Å²) in [5, 5.41) is 2.87. The van der Waals surface area contributed by atoms with Gasteiger partial charge in [-0.15, -0.1) is 0 Å². The highest BCUT2D eigenvalue weighted by Gasteiger charge is 2.45. The molecule has 1 aliphatic heterocycles. The number of piperidine rings is 1. The number of hydrogen-bond donors (Lipinski definition) is 1. The molecule has 212 valence electrons. The molecule has 1 amide bonds. The number of ether oxygens (including phenoxy) is 1. The minimum Gasteiger partial charge on any atom is -0.467 e. The van der Waals surface area contributed by atoms with Crippen molar-refractivity contribution in [2.45, 2.75) is 62.9 Å². The summed E-state index contributed by atoms with van der Waals surface area (Å²) in [5.41, 5.74) is 6.82. The molecule has 5 heteroatoms. The van der Waals surface area contributed by atoms with Gasteiger partial charge in [0.1, 0.15) is 0 Å². The summed E-state index contributed by atoms with van der Waals surface area (Å²) >= 11 is 0. The Hall–Kier alpha value is -3.70. The highest BCUT2D eigenvalue weighted by molar-refractivity contribution is 5.97. The van der Waals surface area contributed by atoms with Gasteiger partial charge in [0.05, 0.1) is 7.11 Å². The van der Waals surface area contributed by atoms with Crippen molar-refractivity contribution in [1.29, 1.82) is 0 Å². The molecule has 1 saturated carbocycles. The van der Waals surface area contributed by atoms with Crippen LogP contribution in [0.15, 0.2) is 78.9 Å². The molecule has 3 unspecified atom stereocenters. The van der Waals surface area contributed by atoms with E-state index in [0.717, 1.165) is 25.1 Å². The van der Waals surface area contributed by atoms with Crippen molar-refractivity contribution in [3.05, 3.63) is 112 Å². The lowest BCUT2D eigenvalue weighted by Crippen LogP contribution is -2.50. The number of amides is 1. The Kier molecular flexibility index (Phi) is 7.56. The van der Waals surface area contributed by atoms with E-state index in [1.807, 2.05) is 42.5 Å². The normalized spacial score (nSPS) is 26.1. The number of rotatable bonds is 6. The maximum Gasteiger partial charge on any atom is 0.333 e. The van der Waals surface area contributed by atoms with Gasteiger partial charge in [0, 0.05) is 23.6 Å². The Balaban J connectivity index is 1.10. The van der Waals surface area contributed by atoms with Gasteiger partial charge in [-0.3, -0.25) is 4.79 Å². The fraction of sp³-hybridized carbons (Fsp3) is 0.389. The van der Waals surface area contributed by atoms with Crippen molar-refractivity contribution in [2.24, 2.45) is 5.92 Å². The predicted molar refractivity (Wildman–Crippen MR) is 163 cm³/mol. The maximum absolute atomic E-state index is 13.2. The van der Waals surface area contributed by atoms with Crippen molar-refractivity contribution in [1.82, 2.24) is 10.2 Å². The first-order valence-electron chi connectivity index (χ1n) is 15.0. The van der Waals surface area contributed by atoms with Crippen molar-refractivity contribution >= 4 is 18.0 Å². The molecule has 2 fully saturated rings. The maximum atomic E-state index is 13.2. The van der Waals surface area contributed by atoms with Crippen LogP contribution in [0.3, 0.4) is 0 Å². The number of hydrogen-bond acceptors (Lipinski definition) is 4. The molecule has 1 N–H and O–H groups in total. The number of nitrogens with one attached hydrogen (secondary N) is 1. The molecule has 0 bridgehead atoms. The SMILES string of the molecule is COC(=O)[C@H](NC(=O)c1ccc(C2CCC(N3CCC4(C=Cc5ccccc54)[C@@H](C)C3)C2)c(C)c1)c1ccccc1. The number of carbonyl (C=O) groups excluding carboxylic acids is 2. The van der Waals surface area contributed by atoms with E-state index < -0.39 is 12.0 Å². The zero-order chi connectivity index (χ0) is 28.6. The number of aryl methyl sites for hydroxylation is 1. The third kappa shape index (κ3) is 5.12. The van der Waals surface area contributed by atoms with Gasteiger partial charge in [0.2, 0.25) is 0 Å². The van der Waals surface area contributed by atoms with Crippen LogP contribution in [-0.4, -0.2) is 43.0 Å². The van der Waals surface area contributed by atoms with Crippen LogP contribution in [0.1, 0.15) is 82.7 Å². The van der Waals surface area contributed by atoms with E-state index in [1.165, 1.54) is 43.1 Å². The van der Waals surface area contributed by atoms with E-state index in [-0.39, 0.29) is 11.3 Å². The molecule has 1 saturated heterocycles. The van der Waals surface area contributed by atoms with E-state index in [1.54, 1.807) is 0 Å². The third-order valence-electron chi connectivity index (χ3n) is 9.96. The average Bonchev–Trinajstić information content (AvgIpc) is 3.64. The van der Waals surface area contributed by atoms with Crippen LogP contribution in [0.2, 0.25) is 0 Å². The zero-order valence-corrected chi connectivity index (χ0v) is 24.3. The van der Waals surface area contributed by atoms with Crippen molar-refractivity contribution in [2.75, 3.05) is 20.2 Å². The van der Waals surface area contributed by atoms with Gasteiger partial charge in [-0.1, -0.05) is 79.7 Å². The van der Waals surface area contributed by atoms with E-state index in [4.69, 9.17) is 4.74 Å². The van der Waals surface area contributed by atoms with Crippen molar-refractivity contribution in [3.63, 3.8) is 0 Å². The summed E-state index contributed by atoms with van der Waals surface area (Å²) in [6, 6.07) is 23.9. The van der Waals surface area contributed by atoms with Crippen LogP contribution >= 0.6 is 0 Å². The van der Waals surface area contributed by atoms with E-state index >= 15 is 0 Å². The molecule has 0 radical (unpaired) electrons. The third-order valence-corrected chi connectivity index (χ3v) is 9.96. The molecule has 3 aromatic carbocycles. The monoisotopic (exact) mass is 548 g/mol. The van der Waals surface area contributed by atoms with Crippen LogP contribution < -0.4 is 5.32 Å². The minimum absolute atomic E-state index is 0.186. The number of likely N-dealkylation sites (tertiary alicyclic amines) is 1. The van der Waals surface area contributed by atoms with Gasteiger partial charge >= 0.3 is 5.97 Å². The summed E-state index contributed by atoms with van der Waals surface area (Å²) in [5.74, 6) is 0.324. The molecule has 1 spiro atoms. The summed E-state index contributed by atoms with van der Waals surface area (Å²) in [6.45, 7) is 6.81. The average molecular weight is 549 g/mol. The second-order valence-electron chi connectivity index (χ2n) is 12.2. The summed E-state index contributed by atoms with van der Waals surface area (Å²) in [7, 11) is 1.34. The van der Waals surface area contributed by atoms with Crippen LogP contribution in [0.5, 0.6) is 0 Å². The molecule has 3 aromatic rings. The van der Waals surface area contributed by atoms with Gasteiger partial charge in [-0.05, 0) is 90.9 Å². The molecule has 5 atom stereocenters. The fourth-order valence-electron chi connectivity index (χ4n) is 7.66. The second kappa shape index (κ2) is 11.3. The molecule has 6 rings (SSSR count). The largest absolute Gasteiger partial charge is 0.467 e. The first-order chi connectivity index (χ1) is 19.9. The van der Waals surface area contributed by atoms with Crippen LogP contribution in [-0.2, 0) is 14.9 Å². The number of esters is 1. The Morgan fingerprint density at radius 2 is 1.80 bits per heavy atom. The lowest BCUT2D eigenvalue weighted by Gasteiger charge is -2.46. The first-order valence-corrected chi connectivity index (χ1v) is 15.0. The molecule has 41 heavy (non-hydrogen) atoms. The Bertz CT molecular complexity index is 1460. The standard InChI is InChI=1S/C36H40N2O3/c1-24-21-29(34(39)37-33(35(40)41-3)27-10-5-4-6-11-27)14-16-31(24)28-13-15-30(22-28)38-20-19-36(25(2)23-38)18-17-26-9-7-8-12-32(26)36/h4-12,14,16-18,21,25,28,30,33H,13,15,19-20,22-23H2,1-3H3,(H,37,39)/t25-,28?,30?,33+,36?/m0/s1. The number of methoxy groups -OCH3 is 1. The number of nitrogens with zero attached hydrogens (tertiary/aromatic N) is 1. The molecule has 2 aliphatic carbocycles. The van der Waals surface area contributed by atoms with Gasteiger partial charge < -0.3 is 15.0 Å². The zero-order valence-electron chi connectivity index (χ0n) is 24.3. The Morgan fingerprint density at radius 1 is 1.02 bits per heavy atom. The number of fused-ring (bicyclic) bond motifs is 2. The summed E-state index contributed by atoms with van der Waals surface area (Å²) in [4.78, 5) is 28.4. The Labute approximate surface area is 243 Å². The van der Waals surface area contributed by atoms with E-state index in [9.17, 15) is 9.59 Å². The highest BCUT2D eigenvalue weighted by Crippen LogP contribution is 2.48. The highest BCUT2D eigenvalue weighted by atomic mass is 16.5. The van der Waals surface area contributed by atoms with E-state index in [2.05, 4.69) is 66.5 Å². The second-order valence-corrected chi connectivity index (χ2v) is 12.2. The Morgan fingerprint density at radius 3 is 2.56 bits per heavy atom. The summed E-state index contributed by atoms with van der Waals surface area (Å²) in [6.07, 6.45) is 9.55. The number of benzene rings is 3. The molecule has 3 aliphatic rings. The van der Waals surface area contributed by atoms with E-state index in [0.29, 0.717) is 29.0 Å². The lowest BCUT2D eigenvalue weighted by atomic mass is 9.68. The van der Waals surface area contributed by atoms with Gasteiger partial charge in [-0.2, -0.15) is 0 Å². The molecular weight excluding hydrogens is 508 g/mol. The molecule has 0 aromatic heterocycles.